The van der Waals surface area contributed by atoms with Gasteiger partial charge < -0.3 is 10.3 Å². The van der Waals surface area contributed by atoms with Crippen molar-refractivity contribution in [2.24, 2.45) is 0 Å². The largest absolute Gasteiger partial charge is 0.342 e. The maximum absolute atomic E-state index is 11.8. The highest BCUT2D eigenvalue weighted by Crippen LogP contribution is 2.31. The van der Waals surface area contributed by atoms with Crippen molar-refractivity contribution >= 4 is 17.5 Å². The zero-order valence-corrected chi connectivity index (χ0v) is 13.9. The normalized spacial score (nSPS) is 17.6. The van der Waals surface area contributed by atoms with E-state index < -0.39 is 0 Å². The summed E-state index contributed by atoms with van der Waals surface area (Å²) in [5.74, 6) is 0.735. The zero-order chi connectivity index (χ0) is 16.9. The number of carbonyl (C=O) groups is 1. The van der Waals surface area contributed by atoms with Crippen LogP contribution in [-0.4, -0.2) is 40.4 Å². The molecule has 0 spiro atoms. The highest BCUT2D eigenvalue weighted by molar-refractivity contribution is 6.30. The highest BCUT2D eigenvalue weighted by Gasteiger charge is 2.29. The summed E-state index contributed by atoms with van der Waals surface area (Å²) in [6, 6.07) is 9.59. The van der Waals surface area contributed by atoms with Gasteiger partial charge in [-0.3, -0.25) is 9.69 Å². The zero-order valence-electron chi connectivity index (χ0n) is 13.1. The second kappa shape index (κ2) is 7.47. The number of carbonyl (C=O) groups excluding carboxylic acids is 1. The van der Waals surface area contributed by atoms with Gasteiger partial charge in [-0.2, -0.15) is 5.26 Å². The lowest BCUT2D eigenvalue weighted by Gasteiger charge is -2.21. The predicted molar refractivity (Wildman–Crippen MR) is 91.2 cm³/mol. The van der Waals surface area contributed by atoms with E-state index in [0.29, 0.717) is 5.02 Å². The summed E-state index contributed by atoms with van der Waals surface area (Å²) < 4.78 is 0. The van der Waals surface area contributed by atoms with E-state index in [0.717, 1.165) is 36.5 Å². The smallest absolute Gasteiger partial charge is 0.235 e. The molecule has 2 aromatic rings. The van der Waals surface area contributed by atoms with Crippen molar-refractivity contribution in [2.45, 2.75) is 18.9 Å². The van der Waals surface area contributed by atoms with E-state index >= 15 is 0 Å². The van der Waals surface area contributed by atoms with Crippen LogP contribution in [0.3, 0.4) is 0 Å². The van der Waals surface area contributed by atoms with E-state index in [-0.39, 0.29) is 25.0 Å². The molecule has 0 saturated carbocycles. The molecule has 1 aromatic heterocycles. The van der Waals surface area contributed by atoms with Gasteiger partial charge in [0.25, 0.3) is 0 Å². The average molecular weight is 344 g/mol. The van der Waals surface area contributed by atoms with Gasteiger partial charge in [-0.15, -0.1) is 0 Å². The standard InChI is InChI=1S/C17H18ClN5O/c18-13-5-3-12(4-6-13)14-10-21-17(22-14)15-2-1-9-23(15)11-16(24)20-8-7-19/h3-6,10,15H,1-2,8-9,11H2,(H,20,24)(H,21,22). The minimum Gasteiger partial charge on any atom is -0.342 e. The summed E-state index contributed by atoms with van der Waals surface area (Å²) in [5, 5.41) is 11.8. The van der Waals surface area contributed by atoms with Gasteiger partial charge in [0.05, 0.1) is 30.5 Å². The van der Waals surface area contributed by atoms with Crippen molar-refractivity contribution in [3.8, 4) is 17.3 Å². The molecule has 0 bridgehead atoms. The lowest BCUT2D eigenvalue weighted by Crippen LogP contribution is -2.37. The van der Waals surface area contributed by atoms with Crippen molar-refractivity contribution in [2.75, 3.05) is 19.6 Å². The Morgan fingerprint density at radius 2 is 2.25 bits per heavy atom. The molecular weight excluding hydrogens is 326 g/mol. The number of benzene rings is 1. The Bertz CT molecular complexity index is 749. The summed E-state index contributed by atoms with van der Waals surface area (Å²) in [7, 11) is 0. The molecule has 1 fully saturated rings. The first-order valence-electron chi connectivity index (χ1n) is 7.86. The van der Waals surface area contributed by atoms with Crippen molar-refractivity contribution in [3.63, 3.8) is 0 Å². The van der Waals surface area contributed by atoms with Crippen molar-refractivity contribution in [3.05, 3.63) is 41.3 Å². The van der Waals surface area contributed by atoms with Crippen LogP contribution in [0.15, 0.2) is 30.5 Å². The summed E-state index contributed by atoms with van der Waals surface area (Å²) >= 11 is 5.92. The van der Waals surface area contributed by atoms with Crippen LogP contribution >= 0.6 is 11.6 Å². The molecule has 3 rings (SSSR count). The number of hydrogen-bond donors (Lipinski definition) is 2. The number of amides is 1. The molecule has 1 unspecified atom stereocenters. The Labute approximate surface area is 145 Å². The molecule has 0 aliphatic carbocycles. The minimum atomic E-state index is -0.132. The number of likely N-dealkylation sites (tertiary alicyclic amines) is 1. The maximum Gasteiger partial charge on any atom is 0.235 e. The molecule has 7 heteroatoms. The average Bonchev–Trinajstić information content (AvgIpc) is 3.22. The second-order valence-electron chi connectivity index (χ2n) is 5.75. The molecule has 1 amide bonds. The fraction of sp³-hybridized carbons (Fsp3) is 0.353. The second-order valence-corrected chi connectivity index (χ2v) is 6.19. The Hall–Kier alpha value is -2.36. The van der Waals surface area contributed by atoms with Gasteiger partial charge in [0.15, 0.2) is 0 Å². The van der Waals surface area contributed by atoms with Gasteiger partial charge in [-0.25, -0.2) is 4.98 Å². The van der Waals surface area contributed by atoms with Crippen LogP contribution < -0.4 is 5.32 Å². The van der Waals surface area contributed by atoms with Gasteiger partial charge in [-0.1, -0.05) is 23.7 Å². The number of nitrogens with one attached hydrogen (secondary N) is 2. The van der Waals surface area contributed by atoms with E-state index in [1.54, 1.807) is 0 Å². The highest BCUT2D eigenvalue weighted by atomic mass is 35.5. The molecule has 1 aromatic carbocycles. The first-order valence-corrected chi connectivity index (χ1v) is 8.23. The number of aromatic nitrogens is 2. The van der Waals surface area contributed by atoms with Crippen LogP contribution in [0.5, 0.6) is 0 Å². The molecule has 2 N–H and O–H groups in total. The van der Waals surface area contributed by atoms with Gasteiger partial charge in [0.1, 0.15) is 12.4 Å². The monoisotopic (exact) mass is 343 g/mol. The molecule has 24 heavy (non-hydrogen) atoms. The lowest BCUT2D eigenvalue weighted by atomic mass is 10.2. The Balaban J connectivity index is 1.70. The van der Waals surface area contributed by atoms with E-state index in [1.165, 1.54) is 0 Å². The summed E-state index contributed by atoms with van der Waals surface area (Å²) in [4.78, 5) is 21.8. The first kappa shape index (κ1) is 16.5. The quantitative estimate of drug-likeness (QED) is 0.817. The van der Waals surface area contributed by atoms with Gasteiger partial charge >= 0.3 is 0 Å². The predicted octanol–water partition coefficient (Wildman–Crippen LogP) is 2.51. The van der Waals surface area contributed by atoms with Crippen LogP contribution in [0.2, 0.25) is 5.02 Å². The number of aromatic amines is 1. The maximum atomic E-state index is 11.8. The fourth-order valence-corrected chi connectivity index (χ4v) is 3.11. The minimum absolute atomic E-state index is 0.0405. The van der Waals surface area contributed by atoms with Crippen molar-refractivity contribution in [1.29, 1.82) is 5.26 Å². The molecule has 124 valence electrons. The summed E-state index contributed by atoms with van der Waals surface area (Å²) in [5.41, 5.74) is 1.96. The Kier molecular flexibility index (Phi) is 5.14. The third-order valence-electron chi connectivity index (χ3n) is 4.14. The molecule has 0 radical (unpaired) electrons. The SMILES string of the molecule is N#CCNC(=O)CN1CCCC1c1ncc(-c2ccc(Cl)cc2)[nH]1. The molecule has 1 aliphatic heterocycles. The van der Waals surface area contributed by atoms with E-state index in [1.807, 2.05) is 36.5 Å². The number of hydrogen-bond acceptors (Lipinski definition) is 4. The first-order chi connectivity index (χ1) is 11.7. The summed E-state index contributed by atoms with van der Waals surface area (Å²) in [6.07, 6.45) is 3.79. The van der Waals surface area contributed by atoms with E-state index in [2.05, 4.69) is 20.2 Å². The van der Waals surface area contributed by atoms with Crippen molar-refractivity contribution < 1.29 is 4.79 Å². The molecule has 1 atom stereocenters. The van der Waals surface area contributed by atoms with Crippen molar-refractivity contribution in [1.82, 2.24) is 20.2 Å². The summed E-state index contributed by atoms with van der Waals surface area (Å²) in [6.45, 7) is 1.17. The number of H-pyrrole nitrogens is 1. The van der Waals surface area contributed by atoms with Crippen LogP contribution in [0.4, 0.5) is 0 Å². The van der Waals surface area contributed by atoms with Gasteiger partial charge in [0.2, 0.25) is 5.91 Å². The van der Waals surface area contributed by atoms with E-state index in [4.69, 9.17) is 16.9 Å². The lowest BCUT2D eigenvalue weighted by molar-refractivity contribution is -0.122. The fourth-order valence-electron chi connectivity index (χ4n) is 2.99. The Morgan fingerprint density at radius 3 is 3.00 bits per heavy atom. The van der Waals surface area contributed by atoms with Crippen LogP contribution in [-0.2, 0) is 4.79 Å². The van der Waals surface area contributed by atoms with E-state index in [9.17, 15) is 4.79 Å². The van der Waals surface area contributed by atoms with Crippen LogP contribution in [0, 0.1) is 11.3 Å². The number of imidazole rings is 1. The topological polar surface area (TPSA) is 84.8 Å². The number of halogens is 1. The Morgan fingerprint density at radius 1 is 1.46 bits per heavy atom. The number of nitrogens with zero attached hydrogens (tertiary/aromatic N) is 3. The third-order valence-corrected chi connectivity index (χ3v) is 4.39. The molecule has 1 aliphatic rings. The van der Waals surface area contributed by atoms with Gasteiger partial charge in [-0.05, 0) is 37.1 Å². The number of nitriles is 1. The molecule has 2 heterocycles. The molecule has 6 nitrogen and oxygen atoms in total. The molecule has 1 saturated heterocycles. The van der Waals surface area contributed by atoms with Crippen LogP contribution in [0.25, 0.3) is 11.3 Å². The van der Waals surface area contributed by atoms with Gasteiger partial charge in [0, 0.05) is 5.02 Å². The molecular formula is C17H18ClN5O. The third kappa shape index (κ3) is 3.75. The number of rotatable bonds is 5. The van der Waals surface area contributed by atoms with Crippen LogP contribution in [0.1, 0.15) is 24.7 Å².